The monoisotopic (exact) mass is 292 g/mol. The first-order chi connectivity index (χ1) is 10.4. The highest BCUT2D eigenvalue weighted by Crippen LogP contribution is 2.24. The van der Waals surface area contributed by atoms with Crippen molar-refractivity contribution in [2.75, 3.05) is 0 Å². The summed E-state index contributed by atoms with van der Waals surface area (Å²) in [5, 5.41) is 0. The molecule has 1 heterocycles. The molecule has 0 aliphatic heterocycles. The normalized spacial score (nSPS) is 12.8. The average molecular weight is 292 g/mol. The van der Waals surface area contributed by atoms with Gasteiger partial charge in [-0.05, 0) is 41.3 Å². The van der Waals surface area contributed by atoms with Gasteiger partial charge in [0.2, 0.25) is 0 Å². The number of nitrogens with two attached hydrogens (primary N) is 1. The third kappa shape index (κ3) is 2.86. The van der Waals surface area contributed by atoms with Gasteiger partial charge in [0.15, 0.2) is 0 Å². The number of aromatic amines is 1. The third-order valence-corrected chi connectivity index (χ3v) is 3.70. The first-order valence-corrected chi connectivity index (χ1v) is 7.32. The number of rotatable bonds is 2. The number of nitrogens with zero attached hydrogens (tertiary/aromatic N) is 2. The van der Waals surface area contributed by atoms with Crippen LogP contribution in [-0.2, 0) is 5.41 Å². The molecule has 3 rings (SSSR count). The van der Waals surface area contributed by atoms with E-state index in [-0.39, 0.29) is 5.41 Å². The number of aromatic nitrogens is 2. The van der Waals surface area contributed by atoms with E-state index in [1.165, 1.54) is 5.56 Å². The van der Waals surface area contributed by atoms with Crippen molar-refractivity contribution in [3.8, 4) is 0 Å². The summed E-state index contributed by atoms with van der Waals surface area (Å²) in [4.78, 5) is 11.8. The number of hydrogen-bond donors (Lipinski definition) is 2. The topological polar surface area (TPSA) is 67.1 Å². The van der Waals surface area contributed by atoms with Crippen LogP contribution in [0.15, 0.2) is 53.8 Å². The van der Waals surface area contributed by atoms with Crippen LogP contribution in [-0.4, -0.2) is 15.8 Å². The van der Waals surface area contributed by atoms with E-state index in [2.05, 4.69) is 47.9 Å². The summed E-state index contributed by atoms with van der Waals surface area (Å²) < 4.78 is 0. The quantitative estimate of drug-likeness (QED) is 0.555. The SMILES string of the molecule is CC(C)(C)c1ccc(N=C(N)c2ccc3nc[nH]c3c2)cc1. The second-order valence-corrected chi connectivity index (χ2v) is 6.43. The fourth-order valence-corrected chi connectivity index (χ4v) is 2.33. The number of benzene rings is 2. The molecule has 2 aromatic carbocycles. The lowest BCUT2D eigenvalue weighted by Crippen LogP contribution is -2.13. The lowest BCUT2D eigenvalue weighted by molar-refractivity contribution is 0.590. The van der Waals surface area contributed by atoms with Crippen LogP contribution in [0.1, 0.15) is 31.9 Å². The molecule has 4 nitrogen and oxygen atoms in total. The summed E-state index contributed by atoms with van der Waals surface area (Å²) >= 11 is 0. The predicted molar refractivity (Wildman–Crippen MR) is 91.6 cm³/mol. The zero-order valence-corrected chi connectivity index (χ0v) is 13.1. The highest BCUT2D eigenvalue weighted by atomic mass is 14.9. The Morgan fingerprint density at radius 2 is 1.82 bits per heavy atom. The van der Waals surface area contributed by atoms with Gasteiger partial charge < -0.3 is 10.7 Å². The summed E-state index contributed by atoms with van der Waals surface area (Å²) in [5.41, 5.74) is 11.2. The minimum absolute atomic E-state index is 0.138. The van der Waals surface area contributed by atoms with E-state index in [0.717, 1.165) is 22.3 Å². The first-order valence-electron chi connectivity index (χ1n) is 7.32. The van der Waals surface area contributed by atoms with Gasteiger partial charge in [-0.1, -0.05) is 32.9 Å². The Hall–Kier alpha value is -2.62. The summed E-state index contributed by atoms with van der Waals surface area (Å²) in [7, 11) is 0. The molecular weight excluding hydrogens is 272 g/mol. The second-order valence-electron chi connectivity index (χ2n) is 6.43. The first kappa shape index (κ1) is 14.3. The molecule has 0 spiro atoms. The Kier molecular flexibility index (Phi) is 3.45. The van der Waals surface area contributed by atoms with Gasteiger partial charge in [0.1, 0.15) is 5.84 Å². The minimum Gasteiger partial charge on any atom is -0.383 e. The maximum Gasteiger partial charge on any atom is 0.131 e. The zero-order chi connectivity index (χ0) is 15.7. The lowest BCUT2D eigenvalue weighted by atomic mass is 9.87. The molecule has 1 aromatic heterocycles. The van der Waals surface area contributed by atoms with E-state index in [0.29, 0.717) is 5.84 Å². The molecule has 0 unspecified atom stereocenters. The molecule has 0 atom stereocenters. The van der Waals surface area contributed by atoms with Crippen molar-refractivity contribution in [1.82, 2.24) is 9.97 Å². The number of amidine groups is 1. The lowest BCUT2D eigenvalue weighted by Gasteiger charge is -2.18. The molecule has 0 aliphatic rings. The molecule has 0 bridgehead atoms. The Morgan fingerprint density at radius 1 is 1.09 bits per heavy atom. The maximum absolute atomic E-state index is 6.13. The molecule has 0 fully saturated rings. The Bertz CT molecular complexity index is 820. The Morgan fingerprint density at radius 3 is 2.50 bits per heavy atom. The van der Waals surface area contributed by atoms with Gasteiger partial charge in [-0.2, -0.15) is 0 Å². The van der Waals surface area contributed by atoms with Gasteiger partial charge in [-0.25, -0.2) is 9.98 Å². The van der Waals surface area contributed by atoms with Crippen LogP contribution in [0.4, 0.5) is 5.69 Å². The molecule has 3 aromatic rings. The van der Waals surface area contributed by atoms with Crippen molar-refractivity contribution >= 4 is 22.6 Å². The van der Waals surface area contributed by atoms with E-state index < -0.39 is 0 Å². The second kappa shape index (κ2) is 5.30. The van der Waals surface area contributed by atoms with Crippen LogP contribution in [0, 0.1) is 0 Å². The molecule has 3 N–H and O–H groups in total. The van der Waals surface area contributed by atoms with Crippen LogP contribution >= 0.6 is 0 Å². The minimum atomic E-state index is 0.138. The van der Waals surface area contributed by atoms with Crippen LogP contribution < -0.4 is 5.73 Å². The number of aliphatic imine (C=N–C) groups is 1. The molecule has 112 valence electrons. The fourth-order valence-electron chi connectivity index (χ4n) is 2.33. The van der Waals surface area contributed by atoms with Crippen LogP contribution in [0.5, 0.6) is 0 Å². The number of nitrogens with one attached hydrogen (secondary N) is 1. The maximum atomic E-state index is 6.13. The van der Waals surface area contributed by atoms with Crippen molar-refractivity contribution in [3.63, 3.8) is 0 Å². The van der Waals surface area contributed by atoms with Crippen molar-refractivity contribution in [3.05, 3.63) is 59.9 Å². The predicted octanol–water partition coefficient (Wildman–Crippen LogP) is 3.90. The summed E-state index contributed by atoms with van der Waals surface area (Å²) in [6.45, 7) is 6.58. The van der Waals surface area contributed by atoms with Gasteiger partial charge >= 0.3 is 0 Å². The van der Waals surface area contributed by atoms with E-state index in [4.69, 9.17) is 5.73 Å². The van der Waals surface area contributed by atoms with Crippen LogP contribution in [0.3, 0.4) is 0 Å². The zero-order valence-electron chi connectivity index (χ0n) is 13.1. The highest BCUT2D eigenvalue weighted by molar-refractivity contribution is 6.01. The van der Waals surface area contributed by atoms with Crippen molar-refractivity contribution in [2.24, 2.45) is 10.7 Å². The van der Waals surface area contributed by atoms with Crippen molar-refractivity contribution < 1.29 is 0 Å². The number of fused-ring (bicyclic) bond motifs is 1. The van der Waals surface area contributed by atoms with Gasteiger partial charge in [0, 0.05) is 5.56 Å². The smallest absolute Gasteiger partial charge is 0.131 e. The van der Waals surface area contributed by atoms with Crippen molar-refractivity contribution in [2.45, 2.75) is 26.2 Å². The number of hydrogen-bond acceptors (Lipinski definition) is 2. The summed E-state index contributed by atoms with van der Waals surface area (Å²) in [5.74, 6) is 0.500. The van der Waals surface area contributed by atoms with Gasteiger partial charge in [0.05, 0.1) is 23.0 Å². The summed E-state index contributed by atoms with van der Waals surface area (Å²) in [6.07, 6.45) is 1.67. The molecule has 22 heavy (non-hydrogen) atoms. The molecule has 0 radical (unpaired) electrons. The van der Waals surface area contributed by atoms with Gasteiger partial charge in [-0.3, -0.25) is 0 Å². The van der Waals surface area contributed by atoms with Crippen LogP contribution in [0.2, 0.25) is 0 Å². The highest BCUT2D eigenvalue weighted by Gasteiger charge is 2.12. The Balaban J connectivity index is 1.90. The number of imidazole rings is 1. The van der Waals surface area contributed by atoms with E-state index >= 15 is 0 Å². The van der Waals surface area contributed by atoms with Crippen LogP contribution in [0.25, 0.3) is 11.0 Å². The average Bonchev–Trinajstić information content (AvgIpc) is 2.94. The molecule has 0 amide bonds. The molecule has 0 aliphatic carbocycles. The van der Waals surface area contributed by atoms with E-state index in [1.54, 1.807) is 6.33 Å². The van der Waals surface area contributed by atoms with Crippen molar-refractivity contribution in [1.29, 1.82) is 0 Å². The number of H-pyrrole nitrogens is 1. The third-order valence-electron chi connectivity index (χ3n) is 3.70. The molecule has 4 heteroatoms. The Labute approximate surface area is 130 Å². The van der Waals surface area contributed by atoms with Gasteiger partial charge in [-0.15, -0.1) is 0 Å². The van der Waals surface area contributed by atoms with Gasteiger partial charge in [0.25, 0.3) is 0 Å². The van der Waals surface area contributed by atoms with E-state index in [9.17, 15) is 0 Å². The summed E-state index contributed by atoms with van der Waals surface area (Å²) in [6, 6.07) is 14.0. The molecular formula is C18H20N4. The molecule has 0 saturated heterocycles. The standard InChI is InChI=1S/C18H20N4/c1-18(2,3)13-5-7-14(8-6-13)22-17(19)12-4-9-15-16(10-12)21-11-20-15/h4-11H,1-3H3,(H2,19,22)(H,20,21). The molecule has 0 saturated carbocycles. The van der Waals surface area contributed by atoms with E-state index in [1.807, 2.05) is 30.3 Å². The largest absolute Gasteiger partial charge is 0.383 e. The fraction of sp³-hybridized carbons (Fsp3) is 0.222.